The first-order chi connectivity index (χ1) is 15.0. The Morgan fingerprint density at radius 3 is 2.74 bits per heavy atom. The Bertz CT molecular complexity index is 1070. The number of ether oxygens (including phenoxy) is 2. The van der Waals surface area contributed by atoms with Gasteiger partial charge in [0.05, 0.1) is 31.0 Å². The molecule has 1 amide bonds. The highest BCUT2D eigenvalue weighted by atomic mass is 16.5. The Morgan fingerprint density at radius 2 is 2.00 bits per heavy atom. The van der Waals surface area contributed by atoms with Crippen LogP contribution in [0.25, 0.3) is 0 Å². The molecular formula is C24H26N4O3. The SMILES string of the molecule is COCc1ccnc(NC(=O)[C@@H]2C[C@@]2(COc2cnc(C)nc2C)c2ccccc2)c1. The highest BCUT2D eigenvalue weighted by Gasteiger charge is 2.60. The molecule has 1 aliphatic rings. The van der Waals surface area contributed by atoms with Gasteiger partial charge in [0.15, 0.2) is 5.75 Å². The summed E-state index contributed by atoms with van der Waals surface area (Å²) in [6.45, 7) is 4.59. The van der Waals surface area contributed by atoms with E-state index < -0.39 is 5.41 Å². The molecule has 3 aromatic rings. The molecule has 0 saturated heterocycles. The van der Waals surface area contributed by atoms with Gasteiger partial charge in [0.25, 0.3) is 0 Å². The van der Waals surface area contributed by atoms with Crippen molar-refractivity contribution >= 4 is 11.7 Å². The van der Waals surface area contributed by atoms with E-state index in [9.17, 15) is 4.79 Å². The molecule has 1 N–H and O–H groups in total. The van der Waals surface area contributed by atoms with Crippen LogP contribution in [0.3, 0.4) is 0 Å². The number of amides is 1. The van der Waals surface area contributed by atoms with E-state index in [1.54, 1.807) is 19.5 Å². The third-order valence-electron chi connectivity index (χ3n) is 5.67. The van der Waals surface area contributed by atoms with E-state index in [2.05, 4.69) is 20.3 Å². The molecule has 1 saturated carbocycles. The van der Waals surface area contributed by atoms with E-state index in [1.165, 1.54) is 0 Å². The Morgan fingerprint density at radius 1 is 1.19 bits per heavy atom. The van der Waals surface area contributed by atoms with E-state index in [0.29, 0.717) is 37.0 Å². The lowest BCUT2D eigenvalue weighted by atomic mass is 9.93. The molecule has 1 aromatic carbocycles. The quantitative estimate of drug-likeness (QED) is 0.601. The third kappa shape index (κ3) is 4.56. The molecule has 160 valence electrons. The van der Waals surface area contributed by atoms with Crippen LogP contribution >= 0.6 is 0 Å². The molecule has 0 unspecified atom stereocenters. The summed E-state index contributed by atoms with van der Waals surface area (Å²) in [7, 11) is 1.64. The van der Waals surface area contributed by atoms with E-state index >= 15 is 0 Å². The zero-order chi connectivity index (χ0) is 21.8. The van der Waals surface area contributed by atoms with Crippen LogP contribution in [-0.4, -0.2) is 34.6 Å². The first-order valence-corrected chi connectivity index (χ1v) is 10.2. The van der Waals surface area contributed by atoms with E-state index in [4.69, 9.17) is 9.47 Å². The zero-order valence-corrected chi connectivity index (χ0v) is 18.0. The van der Waals surface area contributed by atoms with Gasteiger partial charge in [-0.1, -0.05) is 30.3 Å². The summed E-state index contributed by atoms with van der Waals surface area (Å²) >= 11 is 0. The van der Waals surface area contributed by atoms with Gasteiger partial charge in [-0.15, -0.1) is 0 Å². The minimum Gasteiger partial charge on any atom is -0.489 e. The van der Waals surface area contributed by atoms with Gasteiger partial charge in [-0.2, -0.15) is 0 Å². The Hall–Kier alpha value is -3.32. The van der Waals surface area contributed by atoms with Crippen molar-refractivity contribution in [2.24, 2.45) is 5.92 Å². The molecule has 2 atom stereocenters. The number of benzene rings is 1. The summed E-state index contributed by atoms with van der Waals surface area (Å²) in [5.41, 5.74) is 2.43. The topological polar surface area (TPSA) is 86.2 Å². The lowest BCUT2D eigenvalue weighted by molar-refractivity contribution is -0.117. The number of aromatic nitrogens is 3. The molecule has 31 heavy (non-hydrogen) atoms. The van der Waals surface area contributed by atoms with Crippen molar-refractivity contribution in [3.63, 3.8) is 0 Å². The summed E-state index contributed by atoms with van der Waals surface area (Å²) in [5.74, 6) is 1.59. The van der Waals surface area contributed by atoms with Crippen molar-refractivity contribution in [2.45, 2.75) is 32.3 Å². The van der Waals surface area contributed by atoms with Crippen molar-refractivity contribution in [1.82, 2.24) is 15.0 Å². The number of nitrogens with one attached hydrogen (secondary N) is 1. The van der Waals surface area contributed by atoms with Crippen LogP contribution in [0.15, 0.2) is 54.9 Å². The molecule has 0 aliphatic heterocycles. The smallest absolute Gasteiger partial charge is 0.229 e. The molecule has 2 heterocycles. The largest absolute Gasteiger partial charge is 0.489 e. The monoisotopic (exact) mass is 418 g/mol. The summed E-state index contributed by atoms with van der Waals surface area (Å²) in [6, 6.07) is 13.7. The van der Waals surface area contributed by atoms with Crippen molar-refractivity contribution in [2.75, 3.05) is 19.0 Å². The zero-order valence-electron chi connectivity index (χ0n) is 18.0. The molecule has 1 aliphatic carbocycles. The number of rotatable bonds is 8. The molecule has 1 fully saturated rings. The molecule has 7 nitrogen and oxygen atoms in total. The van der Waals surface area contributed by atoms with Gasteiger partial charge >= 0.3 is 0 Å². The number of methoxy groups -OCH3 is 1. The summed E-state index contributed by atoms with van der Waals surface area (Å²) in [6.07, 6.45) is 4.07. The minimum absolute atomic E-state index is 0.0635. The van der Waals surface area contributed by atoms with Gasteiger partial charge < -0.3 is 14.8 Å². The van der Waals surface area contributed by atoms with Gasteiger partial charge in [-0.05, 0) is 43.5 Å². The number of hydrogen-bond acceptors (Lipinski definition) is 6. The molecule has 2 aromatic heterocycles. The van der Waals surface area contributed by atoms with Crippen LogP contribution in [-0.2, 0) is 21.6 Å². The molecular weight excluding hydrogens is 392 g/mol. The minimum atomic E-state index is -0.396. The normalized spacial score (nSPS) is 19.6. The Kier molecular flexibility index (Phi) is 5.95. The van der Waals surface area contributed by atoms with Crippen molar-refractivity contribution in [1.29, 1.82) is 0 Å². The van der Waals surface area contributed by atoms with Crippen molar-refractivity contribution < 1.29 is 14.3 Å². The lowest BCUT2D eigenvalue weighted by Gasteiger charge is -2.19. The summed E-state index contributed by atoms with van der Waals surface area (Å²) in [5, 5.41) is 2.96. The van der Waals surface area contributed by atoms with E-state index in [-0.39, 0.29) is 11.8 Å². The number of aryl methyl sites for hydroxylation is 2. The van der Waals surface area contributed by atoms with Gasteiger partial charge in [0.1, 0.15) is 11.6 Å². The molecule has 0 spiro atoms. The number of pyridine rings is 1. The molecule has 0 bridgehead atoms. The van der Waals surface area contributed by atoms with Crippen molar-refractivity contribution in [3.05, 3.63) is 77.5 Å². The van der Waals surface area contributed by atoms with Gasteiger partial charge in [-0.25, -0.2) is 15.0 Å². The van der Waals surface area contributed by atoms with Crippen LogP contribution < -0.4 is 10.1 Å². The maximum absolute atomic E-state index is 13.1. The van der Waals surface area contributed by atoms with Crippen LogP contribution in [0.1, 0.15) is 29.1 Å². The van der Waals surface area contributed by atoms with Gasteiger partial charge in [-0.3, -0.25) is 4.79 Å². The maximum Gasteiger partial charge on any atom is 0.229 e. The second kappa shape index (κ2) is 8.81. The predicted molar refractivity (Wildman–Crippen MR) is 117 cm³/mol. The first-order valence-electron chi connectivity index (χ1n) is 10.2. The highest BCUT2D eigenvalue weighted by molar-refractivity contribution is 5.95. The van der Waals surface area contributed by atoms with Crippen molar-refractivity contribution in [3.8, 4) is 5.75 Å². The Balaban J connectivity index is 1.52. The fraction of sp³-hybridized carbons (Fsp3) is 0.333. The average Bonchev–Trinajstić information content (AvgIpc) is 3.50. The third-order valence-corrected chi connectivity index (χ3v) is 5.67. The molecule has 7 heteroatoms. The Labute approximate surface area is 181 Å². The average molecular weight is 418 g/mol. The fourth-order valence-electron chi connectivity index (χ4n) is 3.91. The predicted octanol–water partition coefficient (Wildman–Crippen LogP) is 3.61. The van der Waals surface area contributed by atoms with Crippen LogP contribution in [0, 0.1) is 19.8 Å². The number of anilines is 1. The number of hydrogen-bond donors (Lipinski definition) is 1. The standard InChI is InChI=1S/C24H26N4O3/c1-16-21(13-26-17(2)27-16)31-15-24(19-7-5-4-6-8-19)12-20(24)23(29)28-22-11-18(14-30-3)9-10-25-22/h4-11,13,20H,12,14-15H2,1-3H3,(H,25,28,29)/t20-,24+/m0/s1. The lowest BCUT2D eigenvalue weighted by Crippen LogP contribution is -2.27. The molecule has 0 radical (unpaired) electrons. The first kappa shape index (κ1) is 20.9. The van der Waals surface area contributed by atoms with Crippen LogP contribution in [0.2, 0.25) is 0 Å². The highest BCUT2D eigenvalue weighted by Crippen LogP contribution is 2.55. The van der Waals surface area contributed by atoms with Crippen LogP contribution in [0.4, 0.5) is 5.82 Å². The van der Waals surface area contributed by atoms with Crippen LogP contribution in [0.5, 0.6) is 5.75 Å². The number of carbonyl (C=O) groups is 1. The second-order valence-corrected chi connectivity index (χ2v) is 7.91. The van der Waals surface area contributed by atoms with Gasteiger partial charge in [0.2, 0.25) is 5.91 Å². The fourth-order valence-corrected chi connectivity index (χ4v) is 3.91. The number of carbonyl (C=O) groups excluding carboxylic acids is 1. The van der Waals surface area contributed by atoms with Gasteiger partial charge in [0, 0.05) is 18.7 Å². The number of nitrogens with zero attached hydrogens (tertiary/aromatic N) is 3. The van der Waals surface area contributed by atoms with E-state index in [1.807, 2.05) is 56.3 Å². The summed E-state index contributed by atoms with van der Waals surface area (Å²) < 4.78 is 11.3. The molecule has 4 rings (SSSR count). The van der Waals surface area contributed by atoms with E-state index in [0.717, 1.165) is 16.8 Å². The summed E-state index contributed by atoms with van der Waals surface area (Å²) in [4.78, 5) is 26.0. The maximum atomic E-state index is 13.1. The second-order valence-electron chi connectivity index (χ2n) is 7.91.